The summed E-state index contributed by atoms with van der Waals surface area (Å²) in [4.78, 5) is 10.9. The predicted molar refractivity (Wildman–Crippen MR) is 150 cm³/mol. The van der Waals surface area contributed by atoms with Crippen molar-refractivity contribution in [2.24, 2.45) is 0 Å². The molecular formula is C30H34FNO6S. The molecule has 0 fully saturated rings. The highest BCUT2D eigenvalue weighted by molar-refractivity contribution is 7.90. The molecule has 3 aromatic rings. The summed E-state index contributed by atoms with van der Waals surface area (Å²) in [5, 5.41) is 12.3. The molecule has 0 amide bonds. The number of sulfone groups is 1. The van der Waals surface area contributed by atoms with Crippen molar-refractivity contribution in [1.29, 1.82) is 0 Å². The van der Waals surface area contributed by atoms with Crippen molar-refractivity contribution >= 4 is 21.5 Å². The summed E-state index contributed by atoms with van der Waals surface area (Å²) in [5.74, 6) is -0.114. The number of aliphatic carboxylic acids is 1. The third kappa shape index (κ3) is 7.09. The molecule has 2 N–H and O–H groups in total. The molecule has 1 unspecified atom stereocenters. The van der Waals surface area contributed by atoms with Crippen LogP contribution in [0.15, 0.2) is 42.5 Å². The zero-order valence-electron chi connectivity index (χ0n) is 22.6. The van der Waals surface area contributed by atoms with Crippen molar-refractivity contribution in [1.82, 2.24) is 0 Å². The fourth-order valence-electron chi connectivity index (χ4n) is 4.98. The van der Waals surface area contributed by atoms with Crippen LogP contribution >= 0.6 is 0 Å². The van der Waals surface area contributed by atoms with E-state index in [2.05, 4.69) is 23.5 Å². The topological polar surface area (TPSA) is 102 Å². The molecule has 1 aliphatic heterocycles. The van der Waals surface area contributed by atoms with Crippen LogP contribution in [0.2, 0.25) is 0 Å². The quantitative estimate of drug-likeness (QED) is 0.305. The van der Waals surface area contributed by atoms with Crippen LogP contribution in [0.5, 0.6) is 11.5 Å². The Kier molecular flexibility index (Phi) is 8.49. The van der Waals surface area contributed by atoms with Gasteiger partial charge >= 0.3 is 5.97 Å². The lowest BCUT2D eigenvalue weighted by Gasteiger charge is -2.30. The summed E-state index contributed by atoms with van der Waals surface area (Å²) in [5.41, 5.74) is 7.18. The van der Waals surface area contributed by atoms with Gasteiger partial charge in [0.15, 0.2) is 0 Å². The molecule has 1 heterocycles. The van der Waals surface area contributed by atoms with Crippen LogP contribution < -0.4 is 14.8 Å². The molecule has 0 saturated carbocycles. The number of anilines is 1. The number of benzene rings is 3. The van der Waals surface area contributed by atoms with Crippen LogP contribution in [-0.4, -0.2) is 44.7 Å². The lowest BCUT2D eigenvalue weighted by atomic mass is 9.90. The zero-order chi connectivity index (χ0) is 28.3. The van der Waals surface area contributed by atoms with Gasteiger partial charge in [0.1, 0.15) is 33.8 Å². The minimum absolute atomic E-state index is 0.0944. The number of hydrogen-bond donors (Lipinski definition) is 2. The van der Waals surface area contributed by atoms with Crippen molar-refractivity contribution in [2.75, 3.05) is 30.5 Å². The maximum absolute atomic E-state index is 14.7. The Bertz CT molecular complexity index is 1480. The van der Waals surface area contributed by atoms with E-state index in [1.807, 2.05) is 32.9 Å². The first-order chi connectivity index (χ1) is 18.4. The molecule has 39 heavy (non-hydrogen) atoms. The van der Waals surface area contributed by atoms with Gasteiger partial charge in [-0.25, -0.2) is 12.8 Å². The summed E-state index contributed by atoms with van der Waals surface area (Å²) in [7, 11) is -3.01. The summed E-state index contributed by atoms with van der Waals surface area (Å²) >= 11 is 0. The Hall–Kier alpha value is -3.59. The van der Waals surface area contributed by atoms with Crippen molar-refractivity contribution in [3.8, 4) is 22.6 Å². The lowest BCUT2D eigenvalue weighted by molar-refractivity contribution is -0.136. The molecule has 0 aromatic heterocycles. The molecule has 9 heteroatoms. The van der Waals surface area contributed by atoms with Gasteiger partial charge in [0.05, 0.1) is 24.1 Å². The van der Waals surface area contributed by atoms with Gasteiger partial charge in [-0.05, 0) is 96.8 Å². The third-order valence-corrected chi connectivity index (χ3v) is 7.90. The normalized spacial score (nSPS) is 14.7. The first-order valence-corrected chi connectivity index (χ1v) is 14.9. The van der Waals surface area contributed by atoms with Crippen molar-refractivity contribution in [3.63, 3.8) is 0 Å². The molecule has 208 valence electrons. The molecule has 1 atom stereocenters. The highest BCUT2D eigenvalue weighted by Crippen LogP contribution is 2.39. The summed E-state index contributed by atoms with van der Waals surface area (Å²) in [6.07, 6.45) is 1.62. The molecule has 4 rings (SSSR count). The number of halogens is 1. The third-order valence-electron chi connectivity index (χ3n) is 6.87. The van der Waals surface area contributed by atoms with Gasteiger partial charge in [-0.3, -0.25) is 4.79 Å². The van der Waals surface area contributed by atoms with E-state index in [4.69, 9.17) is 14.6 Å². The minimum Gasteiger partial charge on any atom is -0.494 e. The van der Waals surface area contributed by atoms with E-state index in [1.54, 1.807) is 6.07 Å². The molecule has 0 bridgehead atoms. The van der Waals surface area contributed by atoms with E-state index in [0.717, 1.165) is 33.4 Å². The van der Waals surface area contributed by atoms with Crippen molar-refractivity contribution in [3.05, 3.63) is 76.1 Å². The fraction of sp³-hybridized carbons (Fsp3) is 0.367. The monoisotopic (exact) mass is 555 g/mol. The molecule has 0 saturated heterocycles. The number of carboxylic acids is 1. The largest absolute Gasteiger partial charge is 0.494 e. The van der Waals surface area contributed by atoms with E-state index in [0.29, 0.717) is 42.4 Å². The van der Waals surface area contributed by atoms with E-state index < -0.39 is 21.6 Å². The highest BCUT2D eigenvalue weighted by atomic mass is 32.2. The predicted octanol–water partition coefficient (Wildman–Crippen LogP) is 5.79. The average Bonchev–Trinajstić information content (AvgIpc) is 2.85. The molecule has 0 radical (unpaired) electrons. The number of fused-ring (bicyclic) bond motifs is 1. The van der Waals surface area contributed by atoms with Crippen LogP contribution in [0.25, 0.3) is 11.1 Å². The van der Waals surface area contributed by atoms with Gasteiger partial charge in [-0.2, -0.15) is 0 Å². The standard InChI is InChI=1S/C30H34FNO6S/c1-18-6-7-22(30-19(2)12-23(13-20(30)3)37-10-5-11-39(4,35)36)14-24(18)27-17-38-28-15-21(8-9-29(33)34)25(31)16-26(28)32-27/h6-7,12-16,27,32H,5,8-11,17H2,1-4H3,(H,33,34). The Morgan fingerprint density at radius 2 is 1.82 bits per heavy atom. The number of nitrogens with one attached hydrogen (secondary N) is 1. The van der Waals surface area contributed by atoms with Crippen LogP contribution in [-0.2, 0) is 21.1 Å². The fourth-order valence-corrected chi connectivity index (χ4v) is 5.62. The van der Waals surface area contributed by atoms with Crippen LogP contribution in [0.4, 0.5) is 10.1 Å². The van der Waals surface area contributed by atoms with Crippen LogP contribution in [0, 0.1) is 26.6 Å². The van der Waals surface area contributed by atoms with E-state index in [9.17, 15) is 17.6 Å². The number of carbonyl (C=O) groups is 1. The SMILES string of the molecule is Cc1ccc(-c2c(C)cc(OCCCS(C)(=O)=O)cc2C)cc1C1COc2cc(CCC(=O)O)c(F)cc2N1. The van der Waals surface area contributed by atoms with Gasteiger partial charge in [0.2, 0.25) is 0 Å². The molecule has 0 spiro atoms. The molecular weight excluding hydrogens is 521 g/mol. The Morgan fingerprint density at radius 3 is 2.49 bits per heavy atom. The number of ether oxygens (including phenoxy) is 2. The number of carboxylic acid groups (broad SMARTS) is 1. The summed E-state index contributed by atoms with van der Waals surface area (Å²) in [6.45, 7) is 6.75. The van der Waals surface area contributed by atoms with Crippen molar-refractivity contribution in [2.45, 2.75) is 46.1 Å². The lowest BCUT2D eigenvalue weighted by Crippen LogP contribution is -2.25. The van der Waals surface area contributed by atoms with Crippen LogP contribution in [0.3, 0.4) is 0 Å². The van der Waals surface area contributed by atoms with Gasteiger partial charge in [-0.1, -0.05) is 12.1 Å². The number of rotatable bonds is 10. The zero-order valence-corrected chi connectivity index (χ0v) is 23.5. The second kappa shape index (κ2) is 11.7. The maximum atomic E-state index is 14.7. The second-order valence-electron chi connectivity index (χ2n) is 10.2. The first-order valence-electron chi connectivity index (χ1n) is 12.9. The Balaban J connectivity index is 1.54. The maximum Gasteiger partial charge on any atom is 0.303 e. The van der Waals surface area contributed by atoms with Crippen LogP contribution in [0.1, 0.15) is 46.7 Å². The second-order valence-corrected chi connectivity index (χ2v) is 12.4. The molecule has 3 aromatic carbocycles. The van der Waals surface area contributed by atoms with Gasteiger partial charge < -0.3 is 19.9 Å². The summed E-state index contributed by atoms with van der Waals surface area (Å²) in [6, 6.07) is 13.0. The highest BCUT2D eigenvalue weighted by Gasteiger charge is 2.24. The van der Waals surface area contributed by atoms with Gasteiger partial charge in [0.25, 0.3) is 0 Å². The Labute approximate surface area is 228 Å². The number of hydrogen-bond acceptors (Lipinski definition) is 6. The minimum atomic E-state index is -3.01. The van der Waals surface area contributed by atoms with E-state index in [1.165, 1.54) is 12.3 Å². The summed E-state index contributed by atoms with van der Waals surface area (Å²) < 4.78 is 49.2. The Morgan fingerprint density at radius 1 is 1.10 bits per heavy atom. The van der Waals surface area contributed by atoms with Crippen molar-refractivity contribution < 1.29 is 32.2 Å². The number of aryl methyl sites for hydroxylation is 4. The van der Waals surface area contributed by atoms with Gasteiger partial charge in [0, 0.05) is 18.7 Å². The van der Waals surface area contributed by atoms with E-state index in [-0.39, 0.29) is 24.6 Å². The smallest absolute Gasteiger partial charge is 0.303 e. The molecule has 1 aliphatic rings. The molecule has 0 aliphatic carbocycles. The first kappa shape index (κ1) is 28.4. The average molecular weight is 556 g/mol. The van der Waals surface area contributed by atoms with E-state index >= 15 is 0 Å². The van der Waals surface area contributed by atoms with Gasteiger partial charge in [-0.15, -0.1) is 0 Å². The molecule has 7 nitrogen and oxygen atoms in total.